The van der Waals surface area contributed by atoms with Gasteiger partial charge in [-0.3, -0.25) is 0 Å². The van der Waals surface area contributed by atoms with Gasteiger partial charge in [-0.15, -0.1) is 24.8 Å². The molecule has 0 spiro atoms. The Morgan fingerprint density at radius 3 is 2.00 bits per heavy atom. The summed E-state index contributed by atoms with van der Waals surface area (Å²) in [6, 6.07) is 9.16. The van der Waals surface area contributed by atoms with E-state index in [0.29, 0.717) is 9.54 Å². The maximum absolute atomic E-state index is 3.29. The fraction of sp³-hybridized carbons (Fsp3) is 0.455. The van der Waals surface area contributed by atoms with Crippen molar-refractivity contribution in [2.75, 3.05) is 0 Å². The number of rotatable bonds is 3. The van der Waals surface area contributed by atoms with Gasteiger partial charge in [-0.05, 0) is 0 Å². The first-order chi connectivity index (χ1) is 11.4. The second-order valence-electron chi connectivity index (χ2n) is 9.90. The number of hydrogen-bond donors (Lipinski definition) is 0. The summed E-state index contributed by atoms with van der Waals surface area (Å²) in [5.41, 5.74) is 7.92. The second kappa shape index (κ2) is 7.87. The number of halogens is 2. The summed E-state index contributed by atoms with van der Waals surface area (Å²) in [7, 11) is 0. The molecule has 1 aromatic carbocycles. The SMILES string of the molecule is CC1=C(C)C(C)[C]([Zr]([CH3])(=[SiH2])([CH]2C=Cc3ccccc32)[Si](C)(C)C)=C1C.Cl.Cl. The molecule has 0 amide bonds. The van der Waals surface area contributed by atoms with Crippen LogP contribution in [0, 0.1) is 5.92 Å². The van der Waals surface area contributed by atoms with Crippen LogP contribution in [0.5, 0.6) is 0 Å². The molecule has 2 aliphatic carbocycles. The molecule has 0 bridgehead atoms. The van der Waals surface area contributed by atoms with Crippen molar-refractivity contribution in [1.29, 1.82) is 0 Å². The van der Waals surface area contributed by atoms with Crippen LogP contribution in [-0.4, -0.2) is 12.1 Å². The minimum absolute atomic E-state index is 0. The number of hydrogen-bond acceptors (Lipinski definition) is 0. The van der Waals surface area contributed by atoms with Crippen molar-refractivity contribution in [2.45, 2.75) is 55.6 Å². The van der Waals surface area contributed by atoms with Gasteiger partial charge in [-0.2, -0.15) is 0 Å². The molecule has 3 rings (SSSR count). The molecule has 150 valence electrons. The zero-order valence-corrected chi connectivity index (χ0v) is 24.6. The van der Waals surface area contributed by atoms with Crippen molar-refractivity contribution < 1.29 is 16.6 Å². The van der Waals surface area contributed by atoms with Crippen molar-refractivity contribution in [2.24, 2.45) is 5.92 Å². The number of fused-ring (bicyclic) bond motifs is 1. The summed E-state index contributed by atoms with van der Waals surface area (Å²) in [4.78, 5) is 0. The summed E-state index contributed by atoms with van der Waals surface area (Å²) in [5.74, 6) is 0.640. The molecule has 0 aliphatic heterocycles. The summed E-state index contributed by atoms with van der Waals surface area (Å²) >= 11 is -3.29. The topological polar surface area (TPSA) is 0 Å². The quantitative estimate of drug-likeness (QED) is 0.379. The smallest absolute Gasteiger partial charge is 0.147 e. The molecule has 0 saturated heterocycles. The molecule has 0 radical (unpaired) electrons. The van der Waals surface area contributed by atoms with E-state index in [1.54, 1.807) is 22.3 Å². The van der Waals surface area contributed by atoms with Gasteiger partial charge in [0.25, 0.3) is 0 Å². The maximum Gasteiger partial charge on any atom is -0.147 e. The first kappa shape index (κ1) is 25.4. The standard InChI is InChI=1S/C9H7.C9H13.C3H9Si.CH3.2ClH.H2Si.Zr/c1-2-5-9-7-3-6-8(9)4-1;1-6-5-7(2)9(4)8(6)3;1-4(2)3;;;;;/h1-7H;6H,1-4H3;1-3H3;1H3;2*1H;1H2;. The van der Waals surface area contributed by atoms with E-state index < -0.39 is 21.8 Å². The zero-order valence-electron chi connectivity index (χ0n) is 18.1. The fourth-order valence-electron chi connectivity index (χ4n) is 5.46. The molecule has 0 saturated carbocycles. The summed E-state index contributed by atoms with van der Waals surface area (Å²) in [6.45, 7) is 20.1. The molecule has 0 N–H and O–H groups in total. The van der Waals surface area contributed by atoms with E-state index in [1.165, 1.54) is 5.56 Å². The number of benzene rings is 1. The molecule has 1 aromatic rings. The van der Waals surface area contributed by atoms with Crippen LogP contribution < -0.4 is 0 Å². The van der Waals surface area contributed by atoms with Crippen molar-refractivity contribution in [3.8, 4) is 0 Å². The third kappa shape index (κ3) is 3.34. The van der Waals surface area contributed by atoms with Gasteiger partial charge in [-0.1, -0.05) is 0 Å². The minimum atomic E-state index is -3.29. The average molecular weight is 519 g/mol. The molecule has 0 aromatic heterocycles. The molecule has 2 aliphatic rings. The zero-order chi connectivity index (χ0) is 18.8. The van der Waals surface area contributed by atoms with Crippen LogP contribution in [0.3, 0.4) is 0 Å². The van der Waals surface area contributed by atoms with Gasteiger partial charge in [0, 0.05) is 0 Å². The summed E-state index contributed by atoms with van der Waals surface area (Å²) in [6.07, 6.45) is 5.00. The number of allylic oxidation sites excluding steroid dienone is 5. The molecular formula is C22H36Cl2Si2Zr. The molecule has 0 heterocycles. The molecule has 27 heavy (non-hydrogen) atoms. The van der Waals surface area contributed by atoms with Crippen molar-refractivity contribution >= 4 is 43.0 Å². The normalized spacial score (nSPS) is 22.6. The van der Waals surface area contributed by atoms with E-state index in [2.05, 4.69) is 95.3 Å². The van der Waals surface area contributed by atoms with Crippen LogP contribution in [0.15, 0.2) is 50.3 Å². The van der Waals surface area contributed by atoms with E-state index in [0.717, 1.165) is 0 Å². The molecule has 5 heteroatoms. The first-order valence-electron chi connectivity index (χ1n) is 9.62. The Kier molecular flexibility index (Phi) is 7.40. The first-order valence-corrected chi connectivity index (χ1v) is 27.8. The van der Waals surface area contributed by atoms with E-state index in [4.69, 9.17) is 0 Å². The van der Waals surface area contributed by atoms with Gasteiger partial charge in [-0.25, -0.2) is 0 Å². The van der Waals surface area contributed by atoms with Gasteiger partial charge < -0.3 is 0 Å². The van der Waals surface area contributed by atoms with E-state index >= 15 is 0 Å². The largest absolute Gasteiger partial charge is 0.147 e. The molecule has 0 nitrogen and oxygen atoms in total. The van der Waals surface area contributed by atoms with Crippen LogP contribution in [0.1, 0.15) is 42.4 Å². The Morgan fingerprint density at radius 1 is 0.963 bits per heavy atom. The molecule has 0 fully saturated rings. The predicted molar refractivity (Wildman–Crippen MR) is 131 cm³/mol. The summed E-state index contributed by atoms with van der Waals surface area (Å²) < 4.78 is 5.40. The monoisotopic (exact) mass is 516 g/mol. The van der Waals surface area contributed by atoms with E-state index in [1.807, 2.05) is 3.28 Å². The van der Waals surface area contributed by atoms with Crippen LogP contribution in [0.25, 0.3) is 6.08 Å². The molecule has 2 atom stereocenters. The third-order valence-electron chi connectivity index (χ3n) is 8.12. The molecular weight excluding hydrogens is 483 g/mol. The van der Waals surface area contributed by atoms with E-state index in [-0.39, 0.29) is 24.8 Å². The van der Waals surface area contributed by atoms with Gasteiger partial charge >= 0.3 is 158 Å². The third-order valence-corrected chi connectivity index (χ3v) is 81.3. The Balaban J connectivity index is 0.00000182. The van der Waals surface area contributed by atoms with Gasteiger partial charge in [0.05, 0.1) is 0 Å². The molecule has 2 unspecified atom stereocenters. The minimum Gasteiger partial charge on any atom is -0.147 e. The van der Waals surface area contributed by atoms with Gasteiger partial charge in [0.1, 0.15) is 0 Å². The van der Waals surface area contributed by atoms with Crippen LogP contribution >= 0.6 is 24.8 Å². The van der Waals surface area contributed by atoms with Crippen LogP contribution in [-0.2, 0) is 16.6 Å². The Morgan fingerprint density at radius 2 is 1.52 bits per heavy atom. The van der Waals surface area contributed by atoms with Crippen LogP contribution in [0.4, 0.5) is 0 Å². The predicted octanol–water partition coefficient (Wildman–Crippen LogP) is 6.98. The van der Waals surface area contributed by atoms with Crippen molar-refractivity contribution in [3.05, 3.63) is 61.5 Å². The fourth-order valence-corrected chi connectivity index (χ4v) is 41.0. The van der Waals surface area contributed by atoms with Crippen LogP contribution in [0.2, 0.25) is 24.3 Å². The second-order valence-corrected chi connectivity index (χ2v) is 61.9. The van der Waals surface area contributed by atoms with Gasteiger partial charge in [0.15, 0.2) is 0 Å². The van der Waals surface area contributed by atoms with Gasteiger partial charge in [0.2, 0.25) is 0 Å². The average Bonchev–Trinajstić information content (AvgIpc) is 3.04. The Labute approximate surface area is 181 Å². The van der Waals surface area contributed by atoms with Crippen molar-refractivity contribution in [1.82, 2.24) is 0 Å². The summed E-state index contributed by atoms with van der Waals surface area (Å²) in [5, 5.41) is -1.39. The van der Waals surface area contributed by atoms with Crippen molar-refractivity contribution in [3.63, 3.8) is 0 Å². The van der Waals surface area contributed by atoms with E-state index in [9.17, 15) is 0 Å². The Bertz CT molecular complexity index is 918. The maximum atomic E-state index is 2.81. The Hall–Kier alpha value is 0.337.